The topological polar surface area (TPSA) is 55.8 Å². The lowest BCUT2D eigenvalue weighted by atomic mass is 10.1. The van der Waals surface area contributed by atoms with Crippen LogP contribution in [0.15, 0.2) is 24.3 Å². The molecule has 1 saturated heterocycles. The Hall–Kier alpha value is -1.59. The Morgan fingerprint density at radius 3 is 2.32 bits per heavy atom. The van der Waals surface area contributed by atoms with Crippen molar-refractivity contribution < 1.29 is 9.90 Å². The first-order valence-electron chi connectivity index (χ1n) is 9.72. The van der Waals surface area contributed by atoms with Gasteiger partial charge in [-0.15, -0.1) is 0 Å². The summed E-state index contributed by atoms with van der Waals surface area (Å²) in [5.74, 6) is 0. The highest BCUT2D eigenvalue weighted by atomic mass is 16.3. The number of aliphatic hydroxyl groups is 1. The van der Waals surface area contributed by atoms with Crippen molar-refractivity contribution in [3.63, 3.8) is 0 Å². The maximum atomic E-state index is 12.2. The van der Waals surface area contributed by atoms with Gasteiger partial charge in [-0.2, -0.15) is 0 Å². The van der Waals surface area contributed by atoms with Crippen molar-refractivity contribution in [2.45, 2.75) is 57.7 Å². The molecule has 138 valence electrons. The first-order valence-corrected chi connectivity index (χ1v) is 9.72. The Labute approximate surface area is 151 Å². The van der Waals surface area contributed by atoms with Gasteiger partial charge in [0, 0.05) is 25.7 Å². The molecule has 2 fully saturated rings. The normalized spacial score (nSPS) is 18.6. The predicted molar refractivity (Wildman–Crippen MR) is 99.2 cm³/mol. The van der Waals surface area contributed by atoms with Crippen molar-refractivity contribution >= 4 is 6.03 Å². The minimum atomic E-state index is -0.0646. The number of carbonyl (C=O) groups excluding carboxylic acids is 1. The van der Waals surface area contributed by atoms with E-state index in [0.29, 0.717) is 19.1 Å². The molecule has 0 atom stereocenters. The van der Waals surface area contributed by atoms with E-state index in [0.717, 1.165) is 24.9 Å². The number of rotatable bonds is 7. The smallest absolute Gasteiger partial charge is 0.317 e. The maximum absolute atomic E-state index is 12.2. The van der Waals surface area contributed by atoms with Crippen LogP contribution >= 0.6 is 0 Å². The van der Waals surface area contributed by atoms with Gasteiger partial charge in [0.05, 0.1) is 6.61 Å². The van der Waals surface area contributed by atoms with Crippen LogP contribution in [0, 0.1) is 0 Å². The van der Waals surface area contributed by atoms with Crippen LogP contribution in [-0.2, 0) is 13.1 Å². The molecular formula is C20H31N3O2. The Balaban J connectivity index is 1.46. The minimum Gasteiger partial charge on any atom is -0.395 e. The lowest BCUT2D eigenvalue weighted by molar-refractivity contribution is 0.173. The van der Waals surface area contributed by atoms with E-state index in [9.17, 15) is 4.79 Å². The van der Waals surface area contributed by atoms with Crippen molar-refractivity contribution in [3.8, 4) is 0 Å². The van der Waals surface area contributed by atoms with Gasteiger partial charge in [-0.05, 0) is 49.9 Å². The Bertz CT molecular complexity index is 534. The molecule has 1 aliphatic heterocycles. The number of likely N-dealkylation sites (tertiary alicyclic amines) is 1. The first-order chi connectivity index (χ1) is 12.3. The fraction of sp³-hybridized carbons (Fsp3) is 0.650. The zero-order valence-corrected chi connectivity index (χ0v) is 15.1. The van der Waals surface area contributed by atoms with E-state index in [-0.39, 0.29) is 12.6 Å². The summed E-state index contributed by atoms with van der Waals surface area (Å²) >= 11 is 0. The van der Waals surface area contributed by atoms with Gasteiger partial charge in [0.25, 0.3) is 0 Å². The molecule has 2 aliphatic rings. The van der Waals surface area contributed by atoms with Crippen LogP contribution in [0.25, 0.3) is 0 Å². The summed E-state index contributed by atoms with van der Waals surface area (Å²) in [6, 6.07) is 8.84. The molecule has 0 aromatic heterocycles. The number of urea groups is 1. The van der Waals surface area contributed by atoms with E-state index in [1.807, 2.05) is 0 Å². The number of amides is 2. The molecule has 0 unspecified atom stereocenters. The third-order valence-electron chi connectivity index (χ3n) is 5.16. The molecule has 1 saturated carbocycles. The van der Waals surface area contributed by atoms with Gasteiger partial charge in [-0.1, -0.05) is 37.1 Å². The van der Waals surface area contributed by atoms with Crippen LogP contribution in [0.5, 0.6) is 0 Å². The number of aliphatic hydroxyl groups excluding tert-OH is 1. The van der Waals surface area contributed by atoms with Gasteiger partial charge in [-0.3, -0.25) is 4.90 Å². The first kappa shape index (κ1) is 18.2. The van der Waals surface area contributed by atoms with E-state index >= 15 is 0 Å². The molecule has 0 bridgehead atoms. The van der Waals surface area contributed by atoms with E-state index in [1.165, 1.54) is 44.3 Å². The standard InChI is InChI=1S/C20H31N3O2/c24-14-13-23(19-9-10-19)20(25)21-15-17-5-7-18(8-6-17)16-22-11-3-1-2-4-12-22/h5-8,19,24H,1-4,9-16H2,(H,21,25). The molecule has 25 heavy (non-hydrogen) atoms. The molecule has 0 spiro atoms. The van der Waals surface area contributed by atoms with Crippen molar-refractivity contribution in [2.24, 2.45) is 0 Å². The average Bonchev–Trinajstić information content (AvgIpc) is 3.47. The van der Waals surface area contributed by atoms with Crippen LogP contribution in [0.2, 0.25) is 0 Å². The van der Waals surface area contributed by atoms with Crippen molar-refractivity contribution in [2.75, 3.05) is 26.2 Å². The average molecular weight is 345 g/mol. The highest BCUT2D eigenvalue weighted by Crippen LogP contribution is 2.26. The van der Waals surface area contributed by atoms with Gasteiger partial charge in [0.2, 0.25) is 0 Å². The molecule has 2 N–H and O–H groups in total. The van der Waals surface area contributed by atoms with Gasteiger partial charge in [0.15, 0.2) is 0 Å². The van der Waals surface area contributed by atoms with E-state index in [1.54, 1.807) is 4.90 Å². The van der Waals surface area contributed by atoms with Crippen molar-refractivity contribution in [1.29, 1.82) is 0 Å². The van der Waals surface area contributed by atoms with Gasteiger partial charge in [-0.25, -0.2) is 4.79 Å². The second kappa shape index (κ2) is 9.20. The molecule has 5 heteroatoms. The minimum absolute atomic E-state index is 0.0229. The largest absolute Gasteiger partial charge is 0.395 e. The molecule has 5 nitrogen and oxygen atoms in total. The third-order valence-corrected chi connectivity index (χ3v) is 5.16. The number of carbonyl (C=O) groups is 1. The molecule has 1 aromatic carbocycles. The summed E-state index contributed by atoms with van der Waals surface area (Å²) in [7, 11) is 0. The number of hydrogen-bond donors (Lipinski definition) is 2. The van der Waals surface area contributed by atoms with Gasteiger partial charge < -0.3 is 15.3 Å². The highest BCUT2D eigenvalue weighted by molar-refractivity contribution is 5.74. The van der Waals surface area contributed by atoms with Gasteiger partial charge in [0.1, 0.15) is 0 Å². The zero-order valence-electron chi connectivity index (χ0n) is 15.1. The van der Waals surface area contributed by atoms with E-state index in [4.69, 9.17) is 5.11 Å². The van der Waals surface area contributed by atoms with Crippen LogP contribution in [0.1, 0.15) is 49.7 Å². The quantitative estimate of drug-likeness (QED) is 0.799. The SMILES string of the molecule is O=C(NCc1ccc(CN2CCCCCC2)cc1)N(CCO)C1CC1. The summed E-state index contributed by atoms with van der Waals surface area (Å²) in [4.78, 5) is 16.6. The van der Waals surface area contributed by atoms with Gasteiger partial charge >= 0.3 is 6.03 Å². The fourth-order valence-corrected chi connectivity index (χ4v) is 3.54. The van der Waals surface area contributed by atoms with Crippen LogP contribution in [-0.4, -0.2) is 53.2 Å². The molecular weight excluding hydrogens is 314 g/mol. The van der Waals surface area contributed by atoms with Crippen molar-refractivity contribution in [3.05, 3.63) is 35.4 Å². The Kier molecular flexibility index (Phi) is 6.70. The molecule has 2 amide bonds. The van der Waals surface area contributed by atoms with Crippen LogP contribution in [0.4, 0.5) is 4.79 Å². The summed E-state index contributed by atoms with van der Waals surface area (Å²) in [6.07, 6.45) is 7.47. The number of nitrogens with one attached hydrogen (secondary N) is 1. The maximum Gasteiger partial charge on any atom is 0.317 e. The summed E-state index contributed by atoms with van der Waals surface area (Å²) in [5.41, 5.74) is 2.46. The molecule has 1 aromatic rings. The molecule has 1 aliphatic carbocycles. The summed E-state index contributed by atoms with van der Waals surface area (Å²) in [6.45, 7) is 4.43. The van der Waals surface area contributed by atoms with E-state index in [2.05, 4.69) is 34.5 Å². The molecule has 3 rings (SSSR count). The lowest BCUT2D eigenvalue weighted by Gasteiger charge is -2.22. The molecule has 0 radical (unpaired) electrons. The Morgan fingerprint density at radius 1 is 1.08 bits per heavy atom. The predicted octanol–water partition coefficient (Wildman–Crippen LogP) is 2.73. The third kappa shape index (κ3) is 5.72. The van der Waals surface area contributed by atoms with Crippen LogP contribution in [0.3, 0.4) is 0 Å². The number of hydrogen-bond acceptors (Lipinski definition) is 3. The van der Waals surface area contributed by atoms with Crippen molar-refractivity contribution in [1.82, 2.24) is 15.1 Å². The number of nitrogens with zero attached hydrogens (tertiary/aromatic N) is 2. The fourth-order valence-electron chi connectivity index (χ4n) is 3.54. The zero-order chi connectivity index (χ0) is 17.5. The van der Waals surface area contributed by atoms with E-state index < -0.39 is 0 Å². The molecule has 1 heterocycles. The highest BCUT2D eigenvalue weighted by Gasteiger charge is 2.31. The second-order valence-corrected chi connectivity index (χ2v) is 7.31. The monoisotopic (exact) mass is 345 g/mol. The lowest BCUT2D eigenvalue weighted by Crippen LogP contribution is -2.42. The summed E-state index contributed by atoms with van der Waals surface area (Å²) < 4.78 is 0. The number of benzene rings is 1. The second-order valence-electron chi connectivity index (χ2n) is 7.31. The summed E-state index contributed by atoms with van der Waals surface area (Å²) in [5, 5.41) is 12.1. The van der Waals surface area contributed by atoms with Crippen LogP contribution < -0.4 is 5.32 Å². The Morgan fingerprint density at radius 2 is 1.72 bits per heavy atom.